The van der Waals surface area contributed by atoms with Gasteiger partial charge in [0.2, 0.25) is 11.8 Å². The first kappa shape index (κ1) is 15.7. The van der Waals surface area contributed by atoms with Gasteiger partial charge in [-0.2, -0.15) is 0 Å². The standard InChI is InChI=1S/C14H24N2O3/c1-6-8-10(5)14(7-2)11(17)15-13(19)16(9(3)4)12(14)18/h9-10H,6-8H2,1-5H3,(H,15,17,19). The molecule has 1 aliphatic heterocycles. The van der Waals surface area contributed by atoms with Crippen LogP contribution < -0.4 is 5.32 Å². The quantitative estimate of drug-likeness (QED) is 0.778. The van der Waals surface area contributed by atoms with Gasteiger partial charge in [0.1, 0.15) is 5.41 Å². The molecule has 2 unspecified atom stereocenters. The molecule has 0 spiro atoms. The van der Waals surface area contributed by atoms with Crippen LogP contribution in [-0.2, 0) is 9.59 Å². The maximum atomic E-state index is 12.7. The van der Waals surface area contributed by atoms with Crippen molar-refractivity contribution in [2.45, 2.75) is 59.9 Å². The highest BCUT2D eigenvalue weighted by Gasteiger charge is 2.55. The van der Waals surface area contributed by atoms with Gasteiger partial charge in [-0.3, -0.25) is 19.8 Å². The number of nitrogens with one attached hydrogen (secondary N) is 1. The first-order valence-electron chi connectivity index (χ1n) is 7.01. The number of amides is 4. The third kappa shape index (κ3) is 2.38. The van der Waals surface area contributed by atoms with Gasteiger partial charge in [-0.25, -0.2) is 4.79 Å². The molecule has 0 aromatic rings. The minimum Gasteiger partial charge on any atom is -0.277 e. The normalized spacial score (nSPS) is 25.8. The molecule has 0 bridgehead atoms. The molecule has 0 radical (unpaired) electrons. The number of carbonyl (C=O) groups is 3. The average molecular weight is 268 g/mol. The largest absolute Gasteiger partial charge is 0.331 e. The molecule has 0 saturated carbocycles. The number of imide groups is 2. The van der Waals surface area contributed by atoms with Crippen LogP contribution in [0.3, 0.4) is 0 Å². The summed E-state index contributed by atoms with van der Waals surface area (Å²) in [6.45, 7) is 9.32. The molecule has 1 rings (SSSR count). The van der Waals surface area contributed by atoms with E-state index in [4.69, 9.17) is 0 Å². The smallest absolute Gasteiger partial charge is 0.277 e. The summed E-state index contributed by atoms with van der Waals surface area (Å²) in [6.07, 6.45) is 2.10. The second-order valence-electron chi connectivity index (χ2n) is 5.54. The molecular formula is C14H24N2O3. The van der Waals surface area contributed by atoms with E-state index in [9.17, 15) is 14.4 Å². The predicted molar refractivity (Wildman–Crippen MR) is 72.3 cm³/mol. The fourth-order valence-electron chi connectivity index (χ4n) is 2.92. The van der Waals surface area contributed by atoms with Gasteiger partial charge in [0.25, 0.3) is 0 Å². The summed E-state index contributed by atoms with van der Waals surface area (Å²) in [5.74, 6) is -0.869. The molecule has 0 aromatic carbocycles. The van der Waals surface area contributed by atoms with Crippen molar-refractivity contribution in [3.63, 3.8) is 0 Å². The summed E-state index contributed by atoms with van der Waals surface area (Å²) in [4.78, 5) is 38.0. The SMILES string of the molecule is CCCC(C)C1(CC)C(=O)NC(=O)N(C(C)C)C1=O. The number of hydrogen-bond acceptors (Lipinski definition) is 3. The van der Waals surface area contributed by atoms with Crippen LogP contribution >= 0.6 is 0 Å². The summed E-state index contributed by atoms with van der Waals surface area (Å²) in [5, 5.41) is 2.35. The third-order valence-corrected chi connectivity index (χ3v) is 4.08. The van der Waals surface area contributed by atoms with Crippen molar-refractivity contribution >= 4 is 17.8 Å². The van der Waals surface area contributed by atoms with E-state index < -0.39 is 17.4 Å². The van der Waals surface area contributed by atoms with Crippen molar-refractivity contribution < 1.29 is 14.4 Å². The Bertz CT molecular complexity index is 392. The minimum absolute atomic E-state index is 0.0793. The molecule has 1 saturated heterocycles. The van der Waals surface area contributed by atoms with Gasteiger partial charge in [0.15, 0.2) is 0 Å². The number of hydrogen-bond donors (Lipinski definition) is 1. The number of barbiturate groups is 1. The van der Waals surface area contributed by atoms with E-state index >= 15 is 0 Å². The zero-order chi connectivity index (χ0) is 14.8. The van der Waals surface area contributed by atoms with E-state index in [1.165, 1.54) is 4.90 Å². The fourth-order valence-corrected chi connectivity index (χ4v) is 2.92. The first-order valence-corrected chi connectivity index (χ1v) is 7.01. The number of rotatable bonds is 5. The van der Waals surface area contributed by atoms with E-state index in [1.54, 1.807) is 13.8 Å². The Morgan fingerprint density at radius 2 is 1.74 bits per heavy atom. The lowest BCUT2D eigenvalue weighted by Crippen LogP contribution is -2.67. The molecule has 0 aliphatic carbocycles. The molecule has 1 fully saturated rings. The third-order valence-electron chi connectivity index (χ3n) is 4.08. The van der Waals surface area contributed by atoms with Crippen LogP contribution in [0, 0.1) is 11.3 Å². The number of urea groups is 1. The molecule has 1 heterocycles. The summed E-state index contributed by atoms with van der Waals surface area (Å²) in [6, 6.07) is -0.849. The van der Waals surface area contributed by atoms with E-state index in [1.807, 2.05) is 20.8 Å². The Kier molecular flexibility index (Phi) is 4.71. The lowest BCUT2D eigenvalue weighted by molar-refractivity contribution is -0.157. The second kappa shape index (κ2) is 5.72. The van der Waals surface area contributed by atoms with Crippen molar-refractivity contribution in [2.24, 2.45) is 11.3 Å². The minimum atomic E-state index is -1.10. The molecular weight excluding hydrogens is 244 g/mol. The van der Waals surface area contributed by atoms with Gasteiger partial charge in [-0.15, -0.1) is 0 Å². The van der Waals surface area contributed by atoms with Crippen LogP contribution in [-0.4, -0.2) is 28.8 Å². The lowest BCUT2D eigenvalue weighted by Gasteiger charge is -2.43. The first-order chi connectivity index (χ1) is 8.82. The predicted octanol–water partition coefficient (Wildman–Crippen LogP) is 2.31. The lowest BCUT2D eigenvalue weighted by atomic mass is 9.69. The highest BCUT2D eigenvalue weighted by molar-refractivity contribution is 6.19. The fraction of sp³-hybridized carbons (Fsp3) is 0.786. The van der Waals surface area contributed by atoms with Gasteiger partial charge >= 0.3 is 6.03 Å². The Hall–Kier alpha value is -1.39. The Morgan fingerprint density at radius 3 is 2.16 bits per heavy atom. The van der Waals surface area contributed by atoms with Crippen molar-refractivity contribution in [2.75, 3.05) is 0 Å². The summed E-state index contributed by atoms with van der Waals surface area (Å²) < 4.78 is 0. The van der Waals surface area contributed by atoms with Crippen LogP contribution in [0.15, 0.2) is 0 Å². The molecule has 1 N–H and O–H groups in total. The van der Waals surface area contributed by atoms with Crippen molar-refractivity contribution in [3.8, 4) is 0 Å². The van der Waals surface area contributed by atoms with E-state index in [0.717, 1.165) is 12.8 Å². The molecule has 4 amide bonds. The number of nitrogens with zero attached hydrogens (tertiary/aromatic N) is 1. The zero-order valence-corrected chi connectivity index (χ0v) is 12.4. The monoisotopic (exact) mass is 268 g/mol. The Balaban J connectivity index is 3.24. The maximum Gasteiger partial charge on any atom is 0.331 e. The van der Waals surface area contributed by atoms with Gasteiger partial charge in [-0.1, -0.05) is 27.2 Å². The maximum absolute atomic E-state index is 12.7. The summed E-state index contributed by atoms with van der Waals surface area (Å²) in [7, 11) is 0. The topological polar surface area (TPSA) is 66.5 Å². The van der Waals surface area contributed by atoms with E-state index in [-0.39, 0.29) is 17.9 Å². The molecule has 108 valence electrons. The average Bonchev–Trinajstić information content (AvgIpc) is 2.29. The molecule has 19 heavy (non-hydrogen) atoms. The zero-order valence-electron chi connectivity index (χ0n) is 12.4. The number of carbonyl (C=O) groups excluding carboxylic acids is 3. The van der Waals surface area contributed by atoms with Crippen molar-refractivity contribution in [3.05, 3.63) is 0 Å². The van der Waals surface area contributed by atoms with E-state index in [2.05, 4.69) is 5.32 Å². The van der Waals surface area contributed by atoms with Crippen LogP contribution in [0.25, 0.3) is 0 Å². The van der Waals surface area contributed by atoms with Gasteiger partial charge in [0.05, 0.1) is 0 Å². The van der Waals surface area contributed by atoms with Crippen molar-refractivity contribution in [1.29, 1.82) is 0 Å². The Labute approximate surface area is 114 Å². The van der Waals surface area contributed by atoms with Gasteiger partial charge in [-0.05, 0) is 32.6 Å². The van der Waals surface area contributed by atoms with E-state index in [0.29, 0.717) is 6.42 Å². The van der Waals surface area contributed by atoms with Crippen LogP contribution in [0.1, 0.15) is 53.9 Å². The highest BCUT2D eigenvalue weighted by atomic mass is 16.2. The highest BCUT2D eigenvalue weighted by Crippen LogP contribution is 2.39. The molecule has 2 atom stereocenters. The van der Waals surface area contributed by atoms with Crippen molar-refractivity contribution in [1.82, 2.24) is 10.2 Å². The summed E-state index contributed by atoms with van der Waals surface area (Å²) in [5.41, 5.74) is -1.10. The molecule has 5 nitrogen and oxygen atoms in total. The van der Waals surface area contributed by atoms with Crippen LogP contribution in [0.2, 0.25) is 0 Å². The van der Waals surface area contributed by atoms with Crippen LogP contribution in [0.4, 0.5) is 4.79 Å². The van der Waals surface area contributed by atoms with Crippen LogP contribution in [0.5, 0.6) is 0 Å². The molecule has 0 aromatic heterocycles. The second-order valence-corrected chi connectivity index (χ2v) is 5.54. The Morgan fingerprint density at radius 1 is 1.16 bits per heavy atom. The van der Waals surface area contributed by atoms with Gasteiger partial charge in [0, 0.05) is 6.04 Å². The molecule has 5 heteroatoms. The summed E-state index contributed by atoms with van der Waals surface area (Å²) >= 11 is 0. The van der Waals surface area contributed by atoms with Gasteiger partial charge < -0.3 is 0 Å². The molecule has 1 aliphatic rings.